The highest BCUT2D eigenvalue weighted by molar-refractivity contribution is 5.94. The number of rotatable bonds is 3. The molecule has 3 rings (SSSR count). The SMILES string of the molecule is O=C(Cn1cccc(C(F)(F)F)c1=O)N1CCN(C(=O)c2ccoc2)CC1. The van der Waals surface area contributed by atoms with Gasteiger partial charge in [0.15, 0.2) is 0 Å². The molecule has 3 heterocycles. The zero-order valence-electron chi connectivity index (χ0n) is 14.1. The van der Waals surface area contributed by atoms with Crippen molar-refractivity contribution in [3.63, 3.8) is 0 Å². The van der Waals surface area contributed by atoms with Crippen LogP contribution in [0.15, 0.2) is 46.1 Å². The molecule has 0 saturated carbocycles. The Morgan fingerprint density at radius 3 is 2.33 bits per heavy atom. The van der Waals surface area contributed by atoms with E-state index in [1.165, 1.54) is 17.4 Å². The minimum atomic E-state index is -4.78. The van der Waals surface area contributed by atoms with E-state index in [1.807, 2.05) is 0 Å². The van der Waals surface area contributed by atoms with Crippen molar-refractivity contribution in [3.8, 4) is 0 Å². The van der Waals surface area contributed by atoms with Crippen LogP contribution in [-0.4, -0.2) is 52.4 Å². The van der Waals surface area contributed by atoms with E-state index in [2.05, 4.69) is 0 Å². The van der Waals surface area contributed by atoms with E-state index >= 15 is 0 Å². The number of aromatic nitrogens is 1. The number of hydrogen-bond donors (Lipinski definition) is 0. The molecule has 2 aromatic rings. The lowest BCUT2D eigenvalue weighted by molar-refractivity contribution is -0.139. The third kappa shape index (κ3) is 4.04. The summed E-state index contributed by atoms with van der Waals surface area (Å²) in [6.07, 6.45) is -0.907. The Bertz CT molecular complexity index is 882. The number of carbonyl (C=O) groups excluding carboxylic acids is 2. The van der Waals surface area contributed by atoms with Crippen molar-refractivity contribution in [3.05, 3.63) is 58.4 Å². The summed E-state index contributed by atoms with van der Waals surface area (Å²) < 4.78 is 44.0. The van der Waals surface area contributed by atoms with E-state index in [1.54, 1.807) is 11.0 Å². The monoisotopic (exact) mass is 383 g/mol. The summed E-state index contributed by atoms with van der Waals surface area (Å²) in [5.74, 6) is -0.697. The van der Waals surface area contributed by atoms with Crippen molar-refractivity contribution < 1.29 is 27.2 Å². The van der Waals surface area contributed by atoms with Gasteiger partial charge in [-0.1, -0.05) is 0 Å². The van der Waals surface area contributed by atoms with E-state index in [0.717, 1.165) is 16.8 Å². The molecule has 7 nitrogen and oxygen atoms in total. The molecule has 10 heteroatoms. The molecule has 0 bridgehead atoms. The van der Waals surface area contributed by atoms with Crippen LogP contribution in [0.2, 0.25) is 0 Å². The minimum absolute atomic E-state index is 0.218. The van der Waals surface area contributed by atoms with Gasteiger partial charge in [-0.25, -0.2) is 0 Å². The molecule has 1 aliphatic rings. The van der Waals surface area contributed by atoms with Gasteiger partial charge in [-0.05, 0) is 18.2 Å². The van der Waals surface area contributed by atoms with E-state index < -0.39 is 29.8 Å². The smallest absolute Gasteiger partial charge is 0.421 e. The van der Waals surface area contributed by atoms with Crippen molar-refractivity contribution in [2.24, 2.45) is 0 Å². The molecule has 1 saturated heterocycles. The van der Waals surface area contributed by atoms with Gasteiger partial charge in [0.2, 0.25) is 5.91 Å². The summed E-state index contributed by atoms with van der Waals surface area (Å²) in [6.45, 7) is 0.547. The first-order valence-electron chi connectivity index (χ1n) is 8.13. The van der Waals surface area contributed by atoms with Crippen molar-refractivity contribution in [2.45, 2.75) is 12.7 Å². The van der Waals surface area contributed by atoms with E-state index in [-0.39, 0.29) is 32.1 Å². The molecule has 1 aliphatic heterocycles. The van der Waals surface area contributed by atoms with Gasteiger partial charge >= 0.3 is 6.18 Å². The van der Waals surface area contributed by atoms with Crippen LogP contribution in [0.4, 0.5) is 13.2 Å². The molecule has 0 atom stereocenters. The van der Waals surface area contributed by atoms with Gasteiger partial charge in [0.1, 0.15) is 18.4 Å². The molecule has 144 valence electrons. The Kier molecular flexibility index (Phi) is 5.06. The zero-order valence-corrected chi connectivity index (χ0v) is 14.1. The largest absolute Gasteiger partial charge is 0.472 e. The molecule has 2 amide bonds. The molecule has 0 radical (unpaired) electrons. The van der Waals surface area contributed by atoms with Crippen LogP contribution in [0.3, 0.4) is 0 Å². The molecule has 0 aliphatic carbocycles. The lowest BCUT2D eigenvalue weighted by atomic mass is 10.2. The van der Waals surface area contributed by atoms with Crippen LogP contribution in [0.1, 0.15) is 15.9 Å². The Morgan fingerprint density at radius 1 is 1.07 bits per heavy atom. The summed E-state index contributed by atoms with van der Waals surface area (Å²) in [5, 5.41) is 0. The van der Waals surface area contributed by atoms with Crippen LogP contribution in [0.5, 0.6) is 0 Å². The fraction of sp³-hybridized carbons (Fsp3) is 0.353. The fourth-order valence-electron chi connectivity index (χ4n) is 2.85. The number of furan rings is 1. The maximum absolute atomic E-state index is 12.8. The fourth-order valence-corrected chi connectivity index (χ4v) is 2.85. The number of carbonyl (C=O) groups is 2. The average Bonchev–Trinajstić information content (AvgIpc) is 3.16. The number of alkyl halides is 3. The number of nitrogens with zero attached hydrogens (tertiary/aromatic N) is 3. The predicted octanol–water partition coefficient (Wildman–Crippen LogP) is 1.44. The summed E-state index contributed by atoms with van der Waals surface area (Å²) in [5.41, 5.74) is -2.16. The summed E-state index contributed by atoms with van der Waals surface area (Å²) in [6, 6.07) is 3.31. The molecule has 0 spiro atoms. The van der Waals surface area contributed by atoms with E-state index in [0.29, 0.717) is 11.6 Å². The van der Waals surface area contributed by atoms with Crippen molar-refractivity contribution in [2.75, 3.05) is 26.2 Å². The Morgan fingerprint density at radius 2 is 1.74 bits per heavy atom. The second-order valence-electron chi connectivity index (χ2n) is 6.04. The van der Waals surface area contributed by atoms with Crippen LogP contribution >= 0.6 is 0 Å². The molecule has 0 N–H and O–H groups in total. The maximum atomic E-state index is 12.8. The Labute approximate surface area is 151 Å². The van der Waals surface area contributed by atoms with Gasteiger partial charge in [0, 0.05) is 32.4 Å². The lowest BCUT2D eigenvalue weighted by Gasteiger charge is -2.34. The number of hydrogen-bond acceptors (Lipinski definition) is 4. The van der Waals surface area contributed by atoms with Crippen molar-refractivity contribution >= 4 is 11.8 Å². The predicted molar refractivity (Wildman–Crippen MR) is 86.9 cm³/mol. The molecule has 27 heavy (non-hydrogen) atoms. The van der Waals surface area contributed by atoms with Gasteiger partial charge in [-0.15, -0.1) is 0 Å². The van der Waals surface area contributed by atoms with Crippen LogP contribution in [0.25, 0.3) is 0 Å². The van der Waals surface area contributed by atoms with Gasteiger partial charge in [0.05, 0.1) is 11.8 Å². The molecule has 1 fully saturated rings. The summed E-state index contributed by atoms with van der Waals surface area (Å²) in [4.78, 5) is 39.5. The number of piperazine rings is 1. The molecular weight excluding hydrogens is 367 g/mol. The second kappa shape index (κ2) is 7.29. The van der Waals surface area contributed by atoms with Crippen molar-refractivity contribution in [1.82, 2.24) is 14.4 Å². The highest BCUT2D eigenvalue weighted by Crippen LogP contribution is 2.26. The molecule has 0 unspecified atom stereocenters. The minimum Gasteiger partial charge on any atom is -0.472 e. The van der Waals surface area contributed by atoms with Crippen molar-refractivity contribution in [1.29, 1.82) is 0 Å². The Hall–Kier alpha value is -3.04. The van der Waals surface area contributed by atoms with Crippen LogP contribution in [-0.2, 0) is 17.5 Å². The molecular formula is C17H16F3N3O4. The van der Waals surface area contributed by atoms with Crippen LogP contribution in [0, 0.1) is 0 Å². The number of amides is 2. The highest BCUT2D eigenvalue weighted by atomic mass is 19.4. The molecule has 2 aromatic heterocycles. The van der Waals surface area contributed by atoms with Crippen LogP contribution < -0.4 is 5.56 Å². The van der Waals surface area contributed by atoms with Gasteiger partial charge < -0.3 is 18.8 Å². The number of halogens is 3. The summed E-state index contributed by atoms with van der Waals surface area (Å²) >= 11 is 0. The second-order valence-corrected chi connectivity index (χ2v) is 6.04. The Balaban J connectivity index is 1.62. The number of pyridine rings is 1. The van der Waals surface area contributed by atoms with E-state index in [4.69, 9.17) is 4.42 Å². The third-order valence-electron chi connectivity index (χ3n) is 4.32. The maximum Gasteiger partial charge on any atom is 0.421 e. The third-order valence-corrected chi connectivity index (χ3v) is 4.32. The first-order chi connectivity index (χ1) is 12.8. The van der Waals surface area contributed by atoms with E-state index in [9.17, 15) is 27.6 Å². The van der Waals surface area contributed by atoms with Gasteiger partial charge in [-0.2, -0.15) is 13.2 Å². The highest BCUT2D eigenvalue weighted by Gasteiger charge is 2.34. The molecule has 0 aromatic carbocycles. The first-order valence-corrected chi connectivity index (χ1v) is 8.13. The first kappa shape index (κ1) is 18.7. The standard InChI is InChI=1S/C17H16F3N3O4/c18-17(19,20)13-2-1-4-23(16(13)26)10-14(24)21-5-7-22(8-6-21)15(25)12-3-9-27-11-12/h1-4,9,11H,5-8,10H2. The quantitative estimate of drug-likeness (QED) is 0.804. The van der Waals surface area contributed by atoms with Gasteiger partial charge in [0.25, 0.3) is 11.5 Å². The normalized spacial score (nSPS) is 15.1. The average molecular weight is 383 g/mol. The topological polar surface area (TPSA) is 75.8 Å². The van der Waals surface area contributed by atoms with Gasteiger partial charge in [-0.3, -0.25) is 14.4 Å². The lowest BCUT2D eigenvalue weighted by Crippen LogP contribution is -2.51. The zero-order chi connectivity index (χ0) is 19.6. The summed E-state index contributed by atoms with van der Waals surface area (Å²) in [7, 11) is 0.